The molecule has 0 radical (unpaired) electrons. The van der Waals surface area contributed by atoms with Crippen molar-refractivity contribution >= 4 is 6.09 Å². The van der Waals surface area contributed by atoms with Crippen LogP contribution >= 0.6 is 0 Å². The van der Waals surface area contributed by atoms with Crippen LogP contribution in [0.15, 0.2) is 12.2 Å². The van der Waals surface area contributed by atoms with Gasteiger partial charge in [0.05, 0.1) is 0 Å². The summed E-state index contributed by atoms with van der Waals surface area (Å²) in [6, 6.07) is 0. The molecular weight excluding hydrogens is 154 g/mol. The molecule has 1 heterocycles. The monoisotopic (exact) mass is 167 g/mol. The largest absolute Gasteiger partial charge is 0.465 e. The van der Waals surface area contributed by atoms with Gasteiger partial charge in [-0.2, -0.15) is 0 Å². The lowest BCUT2D eigenvalue weighted by atomic mass is 9.69. The first-order valence-electron chi connectivity index (χ1n) is 4.37. The molecule has 2 rings (SSSR count). The number of amides is 1. The lowest BCUT2D eigenvalue weighted by molar-refractivity contribution is 0.103. The van der Waals surface area contributed by atoms with Crippen molar-refractivity contribution in [2.75, 3.05) is 13.1 Å². The van der Waals surface area contributed by atoms with Gasteiger partial charge in [-0.1, -0.05) is 12.2 Å². The number of hydrogen-bond donors (Lipinski definition) is 1. The first kappa shape index (κ1) is 7.65. The molecule has 3 nitrogen and oxygen atoms in total. The zero-order valence-corrected chi connectivity index (χ0v) is 6.99. The summed E-state index contributed by atoms with van der Waals surface area (Å²) in [5.74, 6) is 0. The number of hydrogen-bond acceptors (Lipinski definition) is 1. The molecule has 0 aromatic heterocycles. The predicted octanol–water partition coefficient (Wildman–Crippen LogP) is 1.71. The van der Waals surface area contributed by atoms with Crippen molar-refractivity contribution in [2.45, 2.75) is 19.3 Å². The van der Waals surface area contributed by atoms with Crippen molar-refractivity contribution in [2.24, 2.45) is 5.41 Å². The maximum absolute atomic E-state index is 10.6. The molecule has 0 aromatic carbocycles. The molecule has 0 unspecified atom stereocenters. The van der Waals surface area contributed by atoms with Crippen LogP contribution in [-0.2, 0) is 0 Å². The van der Waals surface area contributed by atoms with Crippen molar-refractivity contribution < 1.29 is 9.90 Å². The van der Waals surface area contributed by atoms with Crippen molar-refractivity contribution in [1.82, 2.24) is 4.90 Å². The summed E-state index contributed by atoms with van der Waals surface area (Å²) < 4.78 is 0. The third kappa shape index (κ3) is 1.09. The number of likely N-dealkylation sites (tertiary alicyclic amines) is 1. The lowest BCUT2D eigenvalue weighted by Gasteiger charge is -2.42. The molecule has 1 saturated heterocycles. The molecule has 1 amide bonds. The molecule has 1 fully saturated rings. The third-order valence-electron chi connectivity index (χ3n) is 3.03. The van der Waals surface area contributed by atoms with Gasteiger partial charge in [-0.3, -0.25) is 0 Å². The Morgan fingerprint density at radius 1 is 1.42 bits per heavy atom. The Labute approximate surface area is 71.7 Å². The summed E-state index contributed by atoms with van der Waals surface area (Å²) in [7, 11) is 0. The average Bonchev–Trinajstić information content (AvgIpc) is 2.02. The molecule has 66 valence electrons. The summed E-state index contributed by atoms with van der Waals surface area (Å²) in [5, 5.41) is 8.71. The lowest BCUT2D eigenvalue weighted by Crippen LogP contribution is -2.43. The van der Waals surface area contributed by atoms with Crippen LogP contribution < -0.4 is 0 Å². The highest BCUT2D eigenvalue weighted by Crippen LogP contribution is 2.42. The van der Waals surface area contributed by atoms with Gasteiger partial charge in [-0.15, -0.1) is 0 Å². The molecule has 0 atom stereocenters. The molecule has 0 aromatic rings. The Kier molecular flexibility index (Phi) is 1.60. The average molecular weight is 167 g/mol. The van der Waals surface area contributed by atoms with Gasteiger partial charge in [0, 0.05) is 13.1 Å². The van der Waals surface area contributed by atoms with Gasteiger partial charge in [0.15, 0.2) is 0 Å². The number of piperidine rings is 1. The fourth-order valence-electron chi connectivity index (χ4n) is 1.97. The normalized spacial score (nSPS) is 25.5. The molecule has 3 heteroatoms. The highest BCUT2D eigenvalue weighted by molar-refractivity contribution is 5.65. The van der Waals surface area contributed by atoms with Gasteiger partial charge < -0.3 is 10.0 Å². The molecule has 1 spiro atoms. The molecule has 1 aliphatic heterocycles. The van der Waals surface area contributed by atoms with Gasteiger partial charge in [0.2, 0.25) is 0 Å². The molecule has 0 saturated carbocycles. The van der Waals surface area contributed by atoms with Crippen LogP contribution in [0.2, 0.25) is 0 Å². The predicted molar refractivity (Wildman–Crippen MR) is 45.0 cm³/mol. The molecular formula is C9H13NO2. The van der Waals surface area contributed by atoms with Crippen LogP contribution in [0.1, 0.15) is 19.3 Å². The van der Waals surface area contributed by atoms with Crippen molar-refractivity contribution in [3.05, 3.63) is 12.2 Å². The van der Waals surface area contributed by atoms with Crippen molar-refractivity contribution in [3.8, 4) is 0 Å². The summed E-state index contributed by atoms with van der Waals surface area (Å²) in [5.41, 5.74) is 0.381. The maximum atomic E-state index is 10.6. The van der Waals surface area contributed by atoms with Gasteiger partial charge in [-0.05, 0) is 24.7 Å². The van der Waals surface area contributed by atoms with E-state index in [9.17, 15) is 4.79 Å². The minimum Gasteiger partial charge on any atom is -0.465 e. The Morgan fingerprint density at radius 3 is 2.33 bits per heavy atom. The summed E-state index contributed by atoms with van der Waals surface area (Å²) in [6.45, 7) is 1.42. The quantitative estimate of drug-likeness (QED) is 0.558. The Morgan fingerprint density at radius 2 is 2.00 bits per heavy atom. The molecule has 0 bridgehead atoms. The second kappa shape index (κ2) is 2.51. The number of carbonyl (C=O) groups is 1. The smallest absolute Gasteiger partial charge is 0.407 e. The second-order valence-electron chi connectivity index (χ2n) is 3.74. The zero-order chi connectivity index (χ0) is 8.60. The highest BCUT2D eigenvalue weighted by atomic mass is 16.4. The van der Waals surface area contributed by atoms with E-state index in [2.05, 4.69) is 12.2 Å². The first-order valence-corrected chi connectivity index (χ1v) is 4.37. The first-order chi connectivity index (χ1) is 5.72. The molecule has 2 aliphatic rings. The van der Waals surface area contributed by atoms with E-state index < -0.39 is 6.09 Å². The Bertz CT molecular complexity index is 227. The third-order valence-corrected chi connectivity index (χ3v) is 3.03. The van der Waals surface area contributed by atoms with Gasteiger partial charge in [0.1, 0.15) is 0 Å². The van der Waals surface area contributed by atoms with E-state index in [1.807, 2.05) is 0 Å². The van der Waals surface area contributed by atoms with Crippen molar-refractivity contribution in [3.63, 3.8) is 0 Å². The topological polar surface area (TPSA) is 40.5 Å². The van der Waals surface area contributed by atoms with Gasteiger partial charge in [0.25, 0.3) is 0 Å². The van der Waals surface area contributed by atoms with Crippen LogP contribution in [-0.4, -0.2) is 29.2 Å². The van der Waals surface area contributed by atoms with Gasteiger partial charge >= 0.3 is 6.09 Å². The Balaban J connectivity index is 1.93. The van der Waals surface area contributed by atoms with E-state index in [1.165, 1.54) is 4.90 Å². The van der Waals surface area contributed by atoms with E-state index in [1.54, 1.807) is 0 Å². The van der Waals surface area contributed by atoms with Gasteiger partial charge in [-0.25, -0.2) is 4.79 Å². The SMILES string of the molecule is O=C(O)N1CCC2(C=CC2)CC1. The zero-order valence-electron chi connectivity index (χ0n) is 6.99. The Hall–Kier alpha value is -0.990. The number of carboxylic acid groups (broad SMARTS) is 1. The second-order valence-corrected chi connectivity index (χ2v) is 3.74. The minimum absolute atomic E-state index is 0.381. The maximum Gasteiger partial charge on any atom is 0.407 e. The summed E-state index contributed by atoms with van der Waals surface area (Å²) >= 11 is 0. The van der Waals surface area contributed by atoms with E-state index in [0.29, 0.717) is 18.5 Å². The van der Waals surface area contributed by atoms with E-state index in [4.69, 9.17) is 5.11 Å². The fraction of sp³-hybridized carbons (Fsp3) is 0.667. The fourth-order valence-corrected chi connectivity index (χ4v) is 1.97. The van der Waals surface area contributed by atoms with E-state index in [-0.39, 0.29) is 0 Å². The number of rotatable bonds is 0. The van der Waals surface area contributed by atoms with Crippen LogP contribution in [0.3, 0.4) is 0 Å². The van der Waals surface area contributed by atoms with Crippen molar-refractivity contribution in [1.29, 1.82) is 0 Å². The summed E-state index contributed by atoms with van der Waals surface area (Å²) in [6.07, 6.45) is 6.82. The highest BCUT2D eigenvalue weighted by Gasteiger charge is 2.36. The van der Waals surface area contributed by atoms with E-state index in [0.717, 1.165) is 19.3 Å². The van der Waals surface area contributed by atoms with Crippen LogP contribution in [0.5, 0.6) is 0 Å². The minimum atomic E-state index is -0.770. The molecule has 12 heavy (non-hydrogen) atoms. The number of allylic oxidation sites excluding steroid dienone is 2. The van der Waals surface area contributed by atoms with E-state index >= 15 is 0 Å². The van der Waals surface area contributed by atoms with Crippen LogP contribution in [0, 0.1) is 5.41 Å². The number of nitrogens with zero attached hydrogens (tertiary/aromatic N) is 1. The standard InChI is InChI=1S/C9H13NO2/c11-8(12)10-6-4-9(5-7-10)2-1-3-9/h1-2H,3-7H2,(H,11,12). The molecule has 1 N–H and O–H groups in total. The molecule has 1 aliphatic carbocycles. The van der Waals surface area contributed by atoms with Crippen LogP contribution in [0.4, 0.5) is 4.79 Å². The summed E-state index contributed by atoms with van der Waals surface area (Å²) in [4.78, 5) is 12.1. The van der Waals surface area contributed by atoms with Crippen LogP contribution in [0.25, 0.3) is 0 Å².